The summed E-state index contributed by atoms with van der Waals surface area (Å²) in [5.41, 5.74) is 0. The minimum atomic E-state index is 0.588. The van der Waals surface area contributed by atoms with Gasteiger partial charge in [-0.2, -0.15) is 0 Å². The molecule has 1 N–H and O–H groups in total. The van der Waals surface area contributed by atoms with Crippen molar-refractivity contribution < 1.29 is 0 Å². The van der Waals surface area contributed by atoms with Crippen LogP contribution >= 0.6 is 0 Å². The van der Waals surface area contributed by atoms with Crippen molar-refractivity contribution in [1.82, 2.24) is 4.90 Å². The smallest absolute Gasteiger partial charge is 0.00964 e. The molecule has 2 fully saturated rings. The highest BCUT2D eigenvalue weighted by Crippen LogP contribution is 2.30. The summed E-state index contributed by atoms with van der Waals surface area (Å²) in [5.74, 6) is 0.588. The first-order chi connectivity index (χ1) is 5.40. The summed E-state index contributed by atoms with van der Waals surface area (Å²) in [6.07, 6.45) is 6.93. The van der Waals surface area contributed by atoms with Crippen molar-refractivity contribution in [3.8, 4) is 0 Å². The van der Waals surface area contributed by atoms with E-state index in [1.54, 1.807) is 6.21 Å². The lowest BCUT2D eigenvalue weighted by Gasteiger charge is -2.29. The van der Waals surface area contributed by atoms with Gasteiger partial charge in [-0.25, -0.2) is 0 Å². The second-order valence-corrected chi connectivity index (χ2v) is 3.77. The van der Waals surface area contributed by atoms with E-state index < -0.39 is 0 Å². The van der Waals surface area contributed by atoms with E-state index in [0.29, 0.717) is 5.92 Å². The van der Waals surface area contributed by atoms with E-state index in [1.807, 2.05) is 0 Å². The van der Waals surface area contributed by atoms with Gasteiger partial charge in [-0.3, -0.25) is 0 Å². The van der Waals surface area contributed by atoms with Gasteiger partial charge in [-0.05, 0) is 50.9 Å². The summed E-state index contributed by atoms with van der Waals surface area (Å²) < 4.78 is 0. The Kier molecular flexibility index (Phi) is 1.95. The minimum Gasteiger partial charge on any atom is -0.313 e. The van der Waals surface area contributed by atoms with E-state index in [4.69, 9.17) is 5.41 Å². The molecule has 2 aliphatic rings. The zero-order valence-corrected chi connectivity index (χ0v) is 6.92. The topological polar surface area (TPSA) is 27.1 Å². The molecule has 2 nitrogen and oxygen atoms in total. The molecule has 1 aliphatic carbocycles. The molecule has 0 atom stereocenters. The fraction of sp³-hybridized carbons (Fsp3) is 0.889. The molecular weight excluding hydrogens is 136 g/mol. The van der Waals surface area contributed by atoms with E-state index >= 15 is 0 Å². The first-order valence-electron chi connectivity index (χ1n) is 4.65. The molecule has 0 aromatic rings. The number of nitrogens with zero attached hydrogens (tertiary/aromatic N) is 1. The van der Waals surface area contributed by atoms with Crippen molar-refractivity contribution in [2.45, 2.75) is 31.7 Å². The largest absolute Gasteiger partial charge is 0.313 e. The van der Waals surface area contributed by atoms with Gasteiger partial charge in [0.2, 0.25) is 0 Å². The molecule has 0 unspecified atom stereocenters. The lowest BCUT2D eigenvalue weighted by Crippen LogP contribution is -2.35. The van der Waals surface area contributed by atoms with E-state index in [9.17, 15) is 0 Å². The average Bonchev–Trinajstić information content (AvgIpc) is 2.87. The zero-order valence-electron chi connectivity index (χ0n) is 6.92. The Morgan fingerprint density at radius 1 is 1.09 bits per heavy atom. The Labute approximate surface area is 68.1 Å². The first kappa shape index (κ1) is 7.29. The summed E-state index contributed by atoms with van der Waals surface area (Å²) in [6, 6.07) is 0.932. The fourth-order valence-electron chi connectivity index (χ4n) is 1.89. The van der Waals surface area contributed by atoms with E-state index in [-0.39, 0.29) is 0 Å². The highest BCUT2D eigenvalue weighted by atomic mass is 15.2. The number of hydrogen-bond acceptors (Lipinski definition) is 2. The summed E-state index contributed by atoms with van der Waals surface area (Å²) in [5, 5.41) is 7.14. The average molecular weight is 152 g/mol. The van der Waals surface area contributed by atoms with Crippen LogP contribution in [-0.4, -0.2) is 30.2 Å². The van der Waals surface area contributed by atoms with Crippen LogP contribution in [0.3, 0.4) is 0 Å². The van der Waals surface area contributed by atoms with Gasteiger partial charge >= 0.3 is 0 Å². The molecule has 0 bridgehead atoms. The van der Waals surface area contributed by atoms with Crippen LogP contribution in [0.1, 0.15) is 25.7 Å². The van der Waals surface area contributed by atoms with Gasteiger partial charge in [0.1, 0.15) is 0 Å². The molecule has 1 heterocycles. The molecule has 2 heteroatoms. The van der Waals surface area contributed by atoms with Gasteiger partial charge in [0.15, 0.2) is 0 Å². The predicted octanol–water partition coefficient (Wildman–Crippen LogP) is 1.51. The van der Waals surface area contributed by atoms with Gasteiger partial charge < -0.3 is 10.3 Å². The van der Waals surface area contributed by atoms with Crippen molar-refractivity contribution in [2.24, 2.45) is 5.92 Å². The number of nitrogens with one attached hydrogen (secondary N) is 1. The standard InChI is InChI=1S/C9H16N2/c10-7-8-3-5-11(6-4-8)9-1-2-9/h7-10H,1-6H2. The van der Waals surface area contributed by atoms with Crippen molar-refractivity contribution in [2.75, 3.05) is 13.1 Å². The summed E-state index contributed by atoms with van der Waals surface area (Å²) in [7, 11) is 0. The van der Waals surface area contributed by atoms with Crippen LogP contribution in [0, 0.1) is 11.3 Å². The third kappa shape index (κ3) is 1.62. The van der Waals surface area contributed by atoms with Crippen LogP contribution in [0.4, 0.5) is 0 Å². The number of hydrogen-bond donors (Lipinski definition) is 1. The van der Waals surface area contributed by atoms with Crippen molar-refractivity contribution in [3.05, 3.63) is 0 Å². The molecule has 2 rings (SSSR count). The summed E-state index contributed by atoms with van der Waals surface area (Å²) >= 11 is 0. The molecule has 11 heavy (non-hydrogen) atoms. The molecule has 0 aromatic heterocycles. The van der Waals surface area contributed by atoms with Crippen molar-refractivity contribution in [1.29, 1.82) is 5.41 Å². The Morgan fingerprint density at radius 2 is 1.73 bits per heavy atom. The molecule has 0 spiro atoms. The van der Waals surface area contributed by atoms with E-state index in [0.717, 1.165) is 6.04 Å². The third-order valence-electron chi connectivity index (χ3n) is 2.87. The fourth-order valence-corrected chi connectivity index (χ4v) is 1.89. The van der Waals surface area contributed by atoms with Crippen molar-refractivity contribution >= 4 is 6.21 Å². The maximum absolute atomic E-state index is 7.14. The summed E-state index contributed by atoms with van der Waals surface area (Å²) in [4.78, 5) is 2.60. The Balaban J connectivity index is 1.79. The second-order valence-electron chi connectivity index (χ2n) is 3.77. The highest BCUT2D eigenvalue weighted by molar-refractivity contribution is 5.56. The normalized spacial score (nSPS) is 28.7. The lowest BCUT2D eigenvalue weighted by molar-refractivity contribution is 0.202. The van der Waals surface area contributed by atoms with Gasteiger partial charge in [-0.15, -0.1) is 0 Å². The molecule has 0 radical (unpaired) electrons. The van der Waals surface area contributed by atoms with Gasteiger partial charge in [0, 0.05) is 6.04 Å². The van der Waals surface area contributed by atoms with Gasteiger partial charge in [-0.1, -0.05) is 0 Å². The minimum absolute atomic E-state index is 0.588. The number of rotatable bonds is 2. The molecule has 0 aromatic carbocycles. The quantitative estimate of drug-likeness (QED) is 0.597. The Bertz CT molecular complexity index is 144. The Morgan fingerprint density at radius 3 is 2.18 bits per heavy atom. The van der Waals surface area contributed by atoms with Crippen LogP contribution in [0.2, 0.25) is 0 Å². The lowest BCUT2D eigenvalue weighted by atomic mass is 9.98. The van der Waals surface area contributed by atoms with Gasteiger partial charge in [0.05, 0.1) is 0 Å². The molecule has 0 amide bonds. The Hall–Kier alpha value is -0.370. The maximum Gasteiger partial charge on any atom is 0.00964 e. The summed E-state index contributed by atoms with van der Waals surface area (Å²) in [6.45, 7) is 2.48. The van der Waals surface area contributed by atoms with E-state index in [1.165, 1.54) is 38.8 Å². The first-order valence-corrected chi connectivity index (χ1v) is 4.65. The number of likely N-dealkylation sites (tertiary alicyclic amines) is 1. The van der Waals surface area contributed by atoms with Crippen molar-refractivity contribution in [3.63, 3.8) is 0 Å². The van der Waals surface area contributed by atoms with Crippen LogP contribution in [0.15, 0.2) is 0 Å². The zero-order chi connectivity index (χ0) is 7.68. The monoisotopic (exact) mass is 152 g/mol. The van der Waals surface area contributed by atoms with Crippen LogP contribution < -0.4 is 0 Å². The van der Waals surface area contributed by atoms with E-state index in [2.05, 4.69) is 4.90 Å². The van der Waals surface area contributed by atoms with Gasteiger partial charge in [0.25, 0.3) is 0 Å². The number of piperidine rings is 1. The van der Waals surface area contributed by atoms with Crippen LogP contribution in [-0.2, 0) is 0 Å². The third-order valence-corrected chi connectivity index (χ3v) is 2.87. The molecule has 1 saturated carbocycles. The molecular formula is C9H16N2. The highest BCUT2D eigenvalue weighted by Gasteiger charge is 2.31. The molecule has 62 valence electrons. The second kappa shape index (κ2) is 2.94. The molecule has 1 aliphatic heterocycles. The predicted molar refractivity (Wildman–Crippen MR) is 46.1 cm³/mol. The van der Waals surface area contributed by atoms with Crippen LogP contribution in [0.25, 0.3) is 0 Å². The SMILES string of the molecule is N=CC1CCN(C2CC2)CC1. The molecule has 1 saturated heterocycles. The maximum atomic E-state index is 7.14. The van der Waals surface area contributed by atoms with Crippen LogP contribution in [0.5, 0.6) is 0 Å².